The molecule has 56 heavy (non-hydrogen) atoms. The third-order valence-corrected chi connectivity index (χ3v) is 12.3. The molecule has 0 spiro atoms. The van der Waals surface area contributed by atoms with Crippen molar-refractivity contribution in [2.75, 3.05) is 0 Å². The molecule has 0 amide bonds. The van der Waals surface area contributed by atoms with Crippen LogP contribution in [0.25, 0.3) is 115 Å². The maximum atomic E-state index is 5.29. The number of para-hydroxylation sites is 2. The quantitative estimate of drug-likeness (QED) is 0.177. The monoisotopic (exact) mass is 730 g/mol. The van der Waals surface area contributed by atoms with E-state index in [1.807, 2.05) is 6.07 Å². The SMILES string of the molecule is c1ccc(-c2cccc(-c3nc(-c4cccc(-c5ccc6c(c5)c5c7sc(-c8ccccc8)nc7cc7c8ccccc8n6c75)c4)nc4ccccc34)c2)cc1. The van der Waals surface area contributed by atoms with Gasteiger partial charge < -0.3 is 4.40 Å². The lowest BCUT2D eigenvalue weighted by atomic mass is 9.98. The minimum Gasteiger partial charge on any atom is -0.308 e. The fourth-order valence-electron chi connectivity index (χ4n) is 8.57. The highest BCUT2D eigenvalue weighted by Crippen LogP contribution is 2.46. The first kappa shape index (κ1) is 31.2. The average molecular weight is 731 g/mol. The van der Waals surface area contributed by atoms with E-state index in [0.29, 0.717) is 5.82 Å². The number of benzene rings is 8. The van der Waals surface area contributed by atoms with Gasteiger partial charge in [-0.15, -0.1) is 11.3 Å². The summed E-state index contributed by atoms with van der Waals surface area (Å²) in [7, 11) is 0. The first-order valence-corrected chi connectivity index (χ1v) is 19.7. The summed E-state index contributed by atoms with van der Waals surface area (Å²) in [5.41, 5.74) is 14.4. The van der Waals surface area contributed by atoms with Gasteiger partial charge in [-0.3, -0.25) is 0 Å². The largest absolute Gasteiger partial charge is 0.308 e. The molecule has 4 aromatic heterocycles. The van der Waals surface area contributed by atoms with Crippen LogP contribution in [0, 0.1) is 0 Å². The summed E-state index contributed by atoms with van der Waals surface area (Å²) in [5.74, 6) is 0.707. The van der Waals surface area contributed by atoms with E-state index in [4.69, 9.17) is 15.0 Å². The molecule has 0 bridgehead atoms. The zero-order valence-electron chi connectivity index (χ0n) is 30.0. The smallest absolute Gasteiger partial charge is 0.160 e. The van der Waals surface area contributed by atoms with E-state index >= 15 is 0 Å². The van der Waals surface area contributed by atoms with Crippen molar-refractivity contribution in [1.29, 1.82) is 0 Å². The molecule has 0 saturated heterocycles. The lowest BCUT2D eigenvalue weighted by Crippen LogP contribution is -1.95. The van der Waals surface area contributed by atoms with Crippen LogP contribution in [0.4, 0.5) is 0 Å². The number of rotatable bonds is 5. The summed E-state index contributed by atoms with van der Waals surface area (Å²) in [4.78, 5) is 15.6. The van der Waals surface area contributed by atoms with Crippen molar-refractivity contribution >= 4 is 70.6 Å². The Kier molecular flexibility index (Phi) is 6.76. The number of hydrogen-bond donors (Lipinski definition) is 0. The van der Waals surface area contributed by atoms with E-state index in [1.54, 1.807) is 11.3 Å². The Labute approximate surface area is 326 Å². The van der Waals surface area contributed by atoms with E-state index in [9.17, 15) is 0 Å². The van der Waals surface area contributed by atoms with Crippen molar-refractivity contribution in [2.24, 2.45) is 0 Å². The first-order chi connectivity index (χ1) is 27.7. The summed E-state index contributed by atoms with van der Waals surface area (Å²) in [5, 5.41) is 7.07. The zero-order valence-corrected chi connectivity index (χ0v) is 30.8. The molecule has 0 saturated carbocycles. The molecule has 0 aliphatic heterocycles. The van der Waals surface area contributed by atoms with Crippen molar-refractivity contribution in [1.82, 2.24) is 19.4 Å². The molecular weight excluding hydrogens is 701 g/mol. The minimum atomic E-state index is 0.707. The molecule has 0 aliphatic carbocycles. The highest BCUT2D eigenvalue weighted by atomic mass is 32.1. The van der Waals surface area contributed by atoms with E-state index < -0.39 is 0 Å². The number of hydrogen-bond acceptors (Lipinski definition) is 4. The summed E-state index contributed by atoms with van der Waals surface area (Å²) in [6.45, 7) is 0. The molecule has 0 aliphatic rings. The third kappa shape index (κ3) is 4.75. The van der Waals surface area contributed by atoms with Crippen LogP contribution in [0.15, 0.2) is 182 Å². The Bertz CT molecular complexity index is 3470. The molecule has 4 nitrogen and oxygen atoms in total. The van der Waals surface area contributed by atoms with E-state index in [2.05, 4.69) is 180 Å². The van der Waals surface area contributed by atoms with Gasteiger partial charge in [-0.25, -0.2) is 15.0 Å². The molecule has 0 radical (unpaired) electrons. The van der Waals surface area contributed by atoms with Gasteiger partial charge in [0.2, 0.25) is 0 Å². The second-order valence-electron chi connectivity index (χ2n) is 14.4. The molecule has 0 N–H and O–H groups in total. The van der Waals surface area contributed by atoms with Crippen molar-refractivity contribution in [3.8, 4) is 55.5 Å². The number of fused-ring (bicyclic) bond motifs is 9. The molecule has 12 rings (SSSR count). The van der Waals surface area contributed by atoms with Crippen LogP contribution in [0.3, 0.4) is 0 Å². The summed E-state index contributed by atoms with van der Waals surface area (Å²) >= 11 is 1.78. The molecule has 260 valence electrons. The Morgan fingerprint density at radius 2 is 1.00 bits per heavy atom. The second kappa shape index (κ2) is 12.2. The standard InChI is InChI=1S/C51H30N4S/c1-3-13-31(14-4-1)33-17-11-19-36(27-33)47-39-22-7-9-23-42(39)52-50(54-47)37-20-12-18-34(28-37)35-25-26-45-41(29-35)46-48-40(38-21-8-10-24-44(38)55(45)48)30-43-49(46)56-51(53-43)32-15-5-2-6-16-32/h1-30H. The van der Waals surface area contributed by atoms with Crippen molar-refractivity contribution in [3.05, 3.63) is 182 Å². The van der Waals surface area contributed by atoms with E-state index in [-0.39, 0.29) is 0 Å². The lowest BCUT2D eigenvalue weighted by molar-refractivity contribution is 1.23. The van der Waals surface area contributed by atoms with Gasteiger partial charge in [0.05, 0.1) is 38.0 Å². The van der Waals surface area contributed by atoms with Gasteiger partial charge in [0.15, 0.2) is 5.82 Å². The fraction of sp³-hybridized carbons (Fsp3) is 0. The molecular formula is C51H30N4S. The fourth-order valence-corrected chi connectivity index (χ4v) is 9.68. The first-order valence-electron chi connectivity index (χ1n) is 18.9. The van der Waals surface area contributed by atoms with Crippen LogP contribution < -0.4 is 0 Å². The molecule has 0 atom stereocenters. The lowest BCUT2D eigenvalue weighted by Gasteiger charge is -2.12. The Morgan fingerprint density at radius 3 is 1.84 bits per heavy atom. The number of nitrogens with zero attached hydrogens (tertiary/aromatic N) is 4. The van der Waals surface area contributed by atoms with Crippen molar-refractivity contribution in [3.63, 3.8) is 0 Å². The maximum Gasteiger partial charge on any atom is 0.160 e. The Balaban J connectivity index is 1.03. The number of aromatic nitrogens is 4. The summed E-state index contributed by atoms with van der Waals surface area (Å²) < 4.78 is 3.67. The molecule has 0 fully saturated rings. The minimum absolute atomic E-state index is 0.707. The zero-order chi connectivity index (χ0) is 36.7. The maximum absolute atomic E-state index is 5.29. The molecule has 4 heterocycles. The van der Waals surface area contributed by atoms with Gasteiger partial charge in [0.25, 0.3) is 0 Å². The predicted molar refractivity (Wildman–Crippen MR) is 235 cm³/mol. The van der Waals surface area contributed by atoms with Crippen LogP contribution in [-0.2, 0) is 0 Å². The van der Waals surface area contributed by atoms with Gasteiger partial charge in [-0.1, -0.05) is 140 Å². The highest BCUT2D eigenvalue weighted by Gasteiger charge is 2.23. The Hall–Kier alpha value is -7.21. The van der Waals surface area contributed by atoms with E-state index in [1.165, 1.54) is 48.4 Å². The third-order valence-electron chi connectivity index (χ3n) is 11.1. The van der Waals surface area contributed by atoms with Crippen LogP contribution in [0.1, 0.15) is 0 Å². The van der Waals surface area contributed by atoms with Gasteiger partial charge in [-0.05, 0) is 64.7 Å². The van der Waals surface area contributed by atoms with E-state index in [0.717, 1.165) is 60.5 Å². The topological polar surface area (TPSA) is 43.1 Å². The number of thiazole rings is 1. The van der Waals surface area contributed by atoms with Crippen LogP contribution in [0.5, 0.6) is 0 Å². The van der Waals surface area contributed by atoms with Crippen molar-refractivity contribution in [2.45, 2.75) is 0 Å². The van der Waals surface area contributed by atoms with Crippen LogP contribution in [0.2, 0.25) is 0 Å². The van der Waals surface area contributed by atoms with Crippen LogP contribution in [-0.4, -0.2) is 19.4 Å². The van der Waals surface area contributed by atoms with Gasteiger partial charge in [-0.2, -0.15) is 0 Å². The molecule has 5 heteroatoms. The summed E-state index contributed by atoms with van der Waals surface area (Å²) in [6.07, 6.45) is 0. The second-order valence-corrected chi connectivity index (χ2v) is 15.4. The Morgan fingerprint density at radius 1 is 0.375 bits per heavy atom. The molecule has 8 aromatic carbocycles. The molecule has 12 aromatic rings. The van der Waals surface area contributed by atoms with Crippen molar-refractivity contribution < 1.29 is 0 Å². The van der Waals surface area contributed by atoms with Gasteiger partial charge in [0, 0.05) is 43.6 Å². The van der Waals surface area contributed by atoms with Gasteiger partial charge in [0.1, 0.15) is 5.01 Å². The molecule has 0 unspecified atom stereocenters. The normalized spacial score (nSPS) is 11.9. The van der Waals surface area contributed by atoms with Crippen LogP contribution >= 0.6 is 11.3 Å². The predicted octanol–water partition coefficient (Wildman–Crippen LogP) is 13.7. The highest BCUT2D eigenvalue weighted by molar-refractivity contribution is 7.22. The van der Waals surface area contributed by atoms with Gasteiger partial charge >= 0.3 is 0 Å². The average Bonchev–Trinajstić information content (AvgIpc) is 3.95. The summed E-state index contributed by atoms with van der Waals surface area (Å²) in [6, 6.07) is 64.6.